The Balaban J connectivity index is 2.24. The molecule has 0 bridgehead atoms. The first-order chi connectivity index (χ1) is 13.1. The van der Waals surface area contributed by atoms with Crippen LogP contribution >= 0.6 is 15.9 Å². The molecule has 5 heteroatoms. The van der Waals surface area contributed by atoms with E-state index < -0.39 is 0 Å². The molecule has 1 aromatic carbocycles. The van der Waals surface area contributed by atoms with E-state index >= 15 is 0 Å². The molecule has 0 unspecified atom stereocenters. The minimum absolute atomic E-state index is 0.0499. The summed E-state index contributed by atoms with van der Waals surface area (Å²) in [4.78, 5) is 22.4. The van der Waals surface area contributed by atoms with Crippen LogP contribution in [0.5, 0.6) is 0 Å². The summed E-state index contributed by atoms with van der Waals surface area (Å²) in [5.41, 5.74) is 4.87. The Labute approximate surface area is 165 Å². The zero-order chi connectivity index (χ0) is 19.0. The maximum atomic E-state index is 13.5. The lowest BCUT2D eigenvalue weighted by Crippen LogP contribution is -2.23. The second-order valence-corrected chi connectivity index (χ2v) is 7.29. The zero-order valence-corrected chi connectivity index (χ0v) is 16.7. The molecule has 0 aliphatic carbocycles. The second kappa shape index (κ2) is 7.08. The standard InChI is InChI=1S/C22H18BrN3O/c1-3-26-21-18(10-9-14(2)25-21)19(15-6-4-8-17(23)12-15)20(22(26)27)16-7-5-11-24-13-16/h4-13H,3H2,1-2H3. The molecule has 3 aromatic heterocycles. The number of hydrogen-bond donors (Lipinski definition) is 0. The predicted molar refractivity (Wildman–Crippen MR) is 113 cm³/mol. The zero-order valence-electron chi connectivity index (χ0n) is 15.1. The Bertz CT molecular complexity index is 1200. The van der Waals surface area contributed by atoms with Gasteiger partial charge in [0.05, 0.1) is 5.56 Å². The van der Waals surface area contributed by atoms with Crippen molar-refractivity contribution in [3.8, 4) is 22.3 Å². The van der Waals surface area contributed by atoms with Gasteiger partial charge in [0.2, 0.25) is 0 Å². The Kier molecular flexibility index (Phi) is 4.62. The minimum Gasteiger partial charge on any atom is -0.292 e. The molecule has 0 fully saturated rings. The first-order valence-electron chi connectivity index (χ1n) is 8.80. The number of fused-ring (bicyclic) bond motifs is 1. The van der Waals surface area contributed by atoms with Crippen LogP contribution in [-0.2, 0) is 6.54 Å². The number of nitrogens with zero attached hydrogens (tertiary/aromatic N) is 3. The number of aryl methyl sites for hydroxylation is 2. The molecule has 0 radical (unpaired) electrons. The van der Waals surface area contributed by atoms with E-state index in [4.69, 9.17) is 0 Å². The molecule has 0 aliphatic rings. The molecule has 4 rings (SSSR count). The maximum absolute atomic E-state index is 13.5. The molecule has 0 saturated heterocycles. The highest BCUT2D eigenvalue weighted by molar-refractivity contribution is 9.10. The van der Waals surface area contributed by atoms with Crippen molar-refractivity contribution in [2.24, 2.45) is 0 Å². The summed E-state index contributed by atoms with van der Waals surface area (Å²) in [6, 6.07) is 15.8. The summed E-state index contributed by atoms with van der Waals surface area (Å²) in [6.45, 7) is 4.46. The van der Waals surface area contributed by atoms with Crippen LogP contribution in [0.25, 0.3) is 33.3 Å². The Morgan fingerprint density at radius 3 is 2.56 bits per heavy atom. The highest BCUT2D eigenvalue weighted by Gasteiger charge is 2.20. The van der Waals surface area contributed by atoms with E-state index in [1.807, 2.05) is 56.3 Å². The van der Waals surface area contributed by atoms with Gasteiger partial charge >= 0.3 is 0 Å². The molecule has 4 aromatic rings. The summed E-state index contributed by atoms with van der Waals surface area (Å²) < 4.78 is 2.71. The van der Waals surface area contributed by atoms with Crippen molar-refractivity contribution in [2.75, 3.05) is 0 Å². The number of pyridine rings is 3. The summed E-state index contributed by atoms with van der Waals surface area (Å²) in [7, 11) is 0. The van der Waals surface area contributed by atoms with Gasteiger partial charge in [-0.3, -0.25) is 14.3 Å². The fourth-order valence-electron chi connectivity index (χ4n) is 3.43. The van der Waals surface area contributed by atoms with Gasteiger partial charge in [-0.2, -0.15) is 0 Å². The third kappa shape index (κ3) is 3.08. The van der Waals surface area contributed by atoms with E-state index in [0.717, 1.165) is 32.2 Å². The molecule has 0 atom stereocenters. The topological polar surface area (TPSA) is 47.8 Å². The Hall–Kier alpha value is -2.79. The number of halogens is 1. The van der Waals surface area contributed by atoms with Crippen molar-refractivity contribution in [2.45, 2.75) is 20.4 Å². The van der Waals surface area contributed by atoms with Crippen LogP contribution in [0.3, 0.4) is 0 Å². The molecule has 0 spiro atoms. The van der Waals surface area contributed by atoms with Crippen molar-refractivity contribution < 1.29 is 0 Å². The lowest BCUT2D eigenvalue weighted by Gasteiger charge is -2.17. The molecule has 0 saturated carbocycles. The van der Waals surface area contributed by atoms with E-state index in [-0.39, 0.29) is 5.56 Å². The Morgan fingerprint density at radius 2 is 1.85 bits per heavy atom. The molecule has 0 amide bonds. The van der Waals surface area contributed by atoms with Gasteiger partial charge in [0, 0.05) is 45.6 Å². The van der Waals surface area contributed by atoms with Crippen molar-refractivity contribution in [3.63, 3.8) is 0 Å². The van der Waals surface area contributed by atoms with Gasteiger partial charge in [0.25, 0.3) is 5.56 Å². The van der Waals surface area contributed by atoms with Gasteiger partial charge in [-0.1, -0.05) is 34.1 Å². The Morgan fingerprint density at radius 1 is 1.04 bits per heavy atom. The summed E-state index contributed by atoms with van der Waals surface area (Å²) in [5, 5.41) is 0.957. The molecule has 0 N–H and O–H groups in total. The number of aromatic nitrogens is 3. The van der Waals surface area contributed by atoms with E-state index in [1.54, 1.807) is 17.0 Å². The second-order valence-electron chi connectivity index (χ2n) is 6.38. The average molecular weight is 420 g/mol. The van der Waals surface area contributed by atoms with Gasteiger partial charge in [-0.05, 0) is 49.7 Å². The average Bonchev–Trinajstić information content (AvgIpc) is 2.67. The summed E-state index contributed by atoms with van der Waals surface area (Å²) in [6.07, 6.45) is 3.46. The smallest absolute Gasteiger partial charge is 0.260 e. The van der Waals surface area contributed by atoms with Crippen LogP contribution in [0, 0.1) is 6.92 Å². The normalized spacial score (nSPS) is 11.1. The van der Waals surface area contributed by atoms with Crippen LogP contribution in [0.15, 0.2) is 70.2 Å². The third-order valence-corrected chi connectivity index (χ3v) is 5.12. The minimum atomic E-state index is -0.0499. The SMILES string of the molecule is CCn1c(=O)c(-c2cccnc2)c(-c2cccc(Br)c2)c2ccc(C)nc21. The third-order valence-electron chi connectivity index (χ3n) is 4.63. The molecule has 134 valence electrons. The van der Waals surface area contributed by atoms with Crippen molar-refractivity contribution in [1.29, 1.82) is 0 Å². The summed E-state index contributed by atoms with van der Waals surface area (Å²) >= 11 is 3.55. The van der Waals surface area contributed by atoms with Crippen LogP contribution < -0.4 is 5.56 Å². The van der Waals surface area contributed by atoms with Gasteiger partial charge in [0.1, 0.15) is 5.65 Å². The number of rotatable bonds is 3. The number of hydrogen-bond acceptors (Lipinski definition) is 3. The quantitative estimate of drug-likeness (QED) is 0.457. The fourth-order valence-corrected chi connectivity index (χ4v) is 3.83. The van der Waals surface area contributed by atoms with Gasteiger partial charge < -0.3 is 0 Å². The predicted octanol–water partition coefficient (Wildman–Crippen LogP) is 5.22. The highest BCUT2D eigenvalue weighted by Crippen LogP contribution is 2.36. The first kappa shape index (κ1) is 17.6. The molecule has 4 nitrogen and oxygen atoms in total. The van der Waals surface area contributed by atoms with Crippen molar-refractivity contribution in [1.82, 2.24) is 14.5 Å². The largest absolute Gasteiger partial charge is 0.292 e. The van der Waals surface area contributed by atoms with Crippen LogP contribution in [-0.4, -0.2) is 14.5 Å². The molecule has 27 heavy (non-hydrogen) atoms. The molecule has 3 heterocycles. The van der Waals surface area contributed by atoms with Crippen molar-refractivity contribution in [3.05, 3.63) is 81.4 Å². The van der Waals surface area contributed by atoms with Gasteiger partial charge in [-0.25, -0.2) is 4.98 Å². The maximum Gasteiger partial charge on any atom is 0.260 e. The molecular weight excluding hydrogens is 402 g/mol. The molecule has 0 aliphatic heterocycles. The van der Waals surface area contributed by atoms with E-state index in [0.29, 0.717) is 17.8 Å². The van der Waals surface area contributed by atoms with E-state index in [9.17, 15) is 4.79 Å². The molecular formula is C22H18BrN3O. The lowest BCUT2D eigenvalue weighted by molar-refractivity contribution is 0.750. The lowest BCUT2D eigenvalue weighted by atomic mass is 9.93. The van der Waals surface area contributed by atoms with Crippen LogP contribution in [0.2, 0.25) is 0 Å². The first-order valence-corrected chi connectivity index (χ1v) is 9.60. The van der Waals surface area contributed by atoms with Crippen LogP contribution in [0.4, 0.5) is 0 Å². The van der Waals surface area contributed by atoms with Crippen molar-refractivity contribution >= 4 is 27.0 Å². The van der Waals surface area contributed by atoms with Gasteiger partial charge in [-0.15, -0.1) is 0 Å². The van der Waals surface area contributed by atoms with E-state index in [2.05, 4.69) is 32.0 Å². The van der Waals surface area contributed by atoms with Crippen LogP contribution in [0.1, 0.15) is 12.6 Å². The highest BCUT2D eigenvalue weighted by atomic mass is 79.9. The van der Waals surface area contributed by atoms with Gasteiger partial charge in [0.15, 0.2) is 0 Å². The summed E-state index contributed by atoms with van der Waals surface area (Å²) in [5.74, 6) is 0. The number of benzene rings is 1. The monoisotopic (exact) mass is 419 g/mol. The fraction of sp³-hybridized carbons (Fsp3) is 0.136. The van der Waals surface area contributed by atoms with E-state index in [1.165, 1.54) is 0 Å².